The van der Waals surface area contributed by atoms with Crippen LogP contribution in [0.3, 0.4) is 0 Å². The highest BCUT2D eigenvalue weighted by Crippen LogP contribution is 2.33. The Bertz CT molecular complexity index is 1420. The number of hydrogen-bond donors (Lipinski definition) is 2. The van der Waals surface area contributed by atoms with E-state index in [2.05, 4.69) is 39.7 Å². The highest BCUT2D eigenvalue weighted by Gasteiger charge is 2.31. The number of carbonyl (C=O) groups is 2. The molecule has 5 rings (SSSR count). The van der Waals surface area contributed by atoms with Crippen molar-refractivity contribution in [3.05, 3.63) is 70.3 Å². The third-order valence-corrected chi connectivity index (χ3v) is 6.79. The summed E-state index contributed by atoms with van der Waals surface area (Å²) in [5.41, 5.74) is 7.23. The van der Waals surface area contributed by atoms with Crippen molar-refractivity contribution >= 4 is 11.7 Å². The molecule has 35 heavy (non-hydrogen) atoms. The van der Waals surface area contributed by atoms with Crippen LogP contribution in [-0.2, 0) is 13.1 Å². The summed E-state index contributed by atoms with van der Waals surface area (Å²) in [5, 5.41) is 7.68. The van der Waals surface area contributed by atoms with E-state index in [9.17, 15) is 9.59 Å². The topological polar surface area (TPSA) is 99.7 Å². The van der Waals surface area contributed by atoms with Crippen molar-refractivity contribution in [2.45, 2.75) is 53.6 Å². The quantitative estimate of drug-likeness (QED) is 0.407. The lowest BCUT2D eigenvalue weighted by Gasteiger charge is -2.30. The van der Waals surface area contributed by atoms with Gasteiger partial charge in [0.1, 0.15) is 5.69 Å². The van der Waals surface area contributed by atoms with Crippen molar-refractivity contribution in [2.24, 2.45) is 0 Å². The number of aromatic nitrogens is 5. The van der Waals surface area contributed by atoms with Gasteiger partial charge in [-0.1, -0.05) is 44.2 Å². The van der Waals surface area contributed by atoms with Crippen molar-refractivity contribution < 1.29 is 9.59 Å². The Kier molecular flexibility index (Phi) is 5.67. The minimum absolute atomic E-state index is 0.0707. The maximum absolute atomic E-state index is 13.6. The molecule has 0 bridgehead atoms. The number of ketones is 1. The second kappa shape index (κ2) is 8.69. The van der Waals surface area contributed by atoms with E-state index in [1.807, 2.05) is 49.1 Å². The van der Waals surface area contributed by atoms with Crippen molar-refractivity contribution in [1.29, 1.82) is 0 Å². The minimum Gasteiger partial charge on any atom is -0.355 e. The van der Waals surface area contributed by atoms with Gasteiger partial charge in [0.2, 0.25) is 0 Å². The van der Waals surface area contributed by atoms with Gasteiger partial charge in [-0.05, 0) is 31.4 Å². The standard InChI is InChI=1S/C27H30N6O2/c1-15(2)20-13-21(31-30-20)26-29-25(19-9-7-6-8-10-19)22-14-32(11-12-33(22)26)27(35)23-16(3)24(18(5)34)28-17(23)4/h6-10,13,15,28H,11-12,14H2,1-5H3,(H,30,31). The van der Waals surface area contributed by atoms with Crippen LogP contribution in [0.1, 0.15) is 70.2 Å². The number of hydrogen-bond acceptors (Lipinski definition) is 4. The molecule has 0 fully saturated rings. The second-order valence-electron chi connectivity index (χ2n) is 9.52. The van der Waals surface area contributed by atoms with Gasteiger partial charge in [0.15, 0.2) is 11.6 Å². The predicted octanol–water partition coefficient (Wildman–Crippen LogP) is 4.87. The molecule has 1 aliphatic rings. The van der Waals surface area contributed by atoms with Crippen LogP contribution in [0, 0.1) is 13.8 Å². The lowest BCUT2D eigenvalue weighted by molar-refractivity contribution is 0.0711. The average molecular weight is 471 g/mol. The summed E-state index contributed by atoms with van der Waals surface area (Å²) in [7, 11) is 0. The first kappa shape index (κ1) is 22.8. The van der Waals surface area contributed by atoms with Gasteiger partial charge in [-0.2, -0.15) is 5.10 Å². The molecule has 0 radical (unpaired) electrons. The number of H-pyrrole nitrogens is 2. The number of aromatic amines is 2. The molecule has 1 aromatic carbocycles. The molecule has 0 saturated heterocycles. The smallest absolute Gasteiger partial charge is 0.256 e. The SMILES string of the molecule is CC(=O)c1[nH]c(C)c(C(=O)N2CCn3c(-c4cc(C(C)C)[nH]n4)nc(-c4ccccc4)c3C2)c1C. The zero-order chi connectivity index (χ0) is 24.9. The lowest BCUT2D eigenvalue weighted by atomic mass is 10.1. The van der Waals surface area contributed by atoms with Gasteiger partial charge in [-0.25, -0.2) is 4.98 Å². The van der Waals surface area contributed by atoms with Crippen LogP contribution in [-0.4, -0.2) is 47.9 Å². The van der Waals surface area contributed by atoms with Crippen molar-refractivity contribution in [2.75, 3.05) is 6.54 Å². The Morgan fingerprint density at radius 1 is 1.09 bits per heavy atom. The molecule has 3 aromatic heterocycles. The molecule has 4 heterocycles. The maximum Gasteiger partial charge on any atom is 0.256 e. The number of aryl methyl sites for hydroxylation is 1. The van der Waals surface area contributed by atoms with E-state index >= 15 is 0 Å². The summed E-state index contributed by atoms with van der Waals surface area (Å²) in [6, 6.07) is 12.1. The third-order valence-electron chi connectivity index (χ3n) is 6.79. The molecule has 0 unspecified atom stereocenters. The van der Waals surface area contributed by atoms with E-state index in [1.165, 1.54) is 6.92 Å². The van der Waals surface area contributed by atoms with Gasteiger partial charge < -0.3 is 14.5 Å². The summed E-state index contributed by atoms with van der Waals surface area (Å²) < 4.78 is 2.18. The third kappa shape index (κ3) is 3.88. The fourth-order valence-corrected chi connectivity index (χ4v) is 4.89. The Balaban J connectivity index is 1.56. The average Bonchev–Trinajstić information content (AvgIpc) is 3.54. The van der Waals surface area contributed by atoms with Crippen LogP contribution in [0.15, 0.2) is 36.4 Å². The fraction of sp³-hybridized carbons (Fsp3) is 0.333. The number of nitrogens with zero attached hydrogens (tertiary/aromatic N) is 4. The molecule has 0 atom stereocenters. The largest absolute Gasteiger partial charge is 0.355 e. The predicted molar refractivity (Wildman–Crippen MR) is 134 cm³/mol. The summed E-state index contributed by atoms with van der Waals surface area (Å²) >= 11 is 0. The van der Waals surface area contributed by atoms with Crippen LogP contribution < -0.4 is 0 Å². The molecule has 1 aliphatic heterocycles. The fourth-order valence-electron chi connectivity index (χ4n) is 4.89. The second-order valence-corrected chi connectivity index (χ2v) is 9.52. The van der Waals surface area contributed by atoms with Gasteiger partial charge >= 0.3 is 0 Å². The summed E-state index contributed by atoms with van der Waals surface area (Å²) in [6.45, 7) is 11.0. The summed E-state index contributed by atoms with van der Waals surface area (Å²) in [4.78, 5) is 35.6. The number of fused-ring (bicyclic) bond motifs is 1. The first-order chi connectivity index (χ1) is 16.8. The summed E-state index contributed by atoms with van der Waals surface area (Å²) in [5.74, 6) is 0.999. The molecule has 8 heteroatoms. The van der Waals surface area contributed by atoms with E-state index in [1.54, 1.807) is 0 Å². The van der Waals surface area contributed by atoms with Gasteiger partial charge in [-0.15, -0.1) is 0 Å². The van der Waals surface area contributed by atoms with Crippen molar-refractivity contribution in [3.8, 4) is 22.8 Å². The summed E-state index contributed by atoms with van der Waals surface area (Å²) in [6.07, 6.45) is 0. The molecule has 1 amide bonds. The zero-order valence-corrected chi connectivity index (χ0v) is 20.8. The zero-order valence-electron chi connectivity index (χ0n) is 20.8. The number of carbonyl (C=O) groups excluding carboxylic acids is 2. The van der Waals surface area contributed by atoms with Crippen LogP contribution in [0.5, 0.6) is 0 Å². The lowest BCUT2D eigenvalue weighted by Crippen LogP contribution is -2.38. The molecule has 0 saturated carbocycles. The minimum atomic E-state index is -0.0721. The van der Waals surface area contributed by atoms with E-state index in [4.69, 9.17) is 4.98 Å². The van der Waals surface area contributed by atoms with E-state index in [-0.39, 0.29) is 11.7 Å². The molecule has 180 valence electrons. The van der Waals surface area contributed by atoms with E-state index in [0.29, 0.717) is 42.4 Å². The monoisotopic (exact) mass is 470 g/mol. The maximum atomic E-state index is 13.6. The molecule has 2 N–H and O–H groups in total. The highest BCUT2D eigenvalue weighted by molar-refractivity contribution is 6.02. The van der Waals surface area contributed by atoms with Crippen LogP contribution in [0.2, 0.25) is 0 Å². The number of imidazole rings is 1. The normalized spacial score (nSPS) is 13.4. The Hall–Kier alpha value is -3.94. The van der Waals surface area contributed by atoms with E-state index < -0.39 is 0 Å². The first-order valence-electron chi connectivity index (χ1n) is 12.0. The molecular weight excluding hydrogens is 440 g/mol. The van der Waals surface area contributed by atoms with Gasteiger partial charge in [-0.3, -0.25) is 14.7 Å². The van der Waals surface area contributed by atoms with Gasteiger partial charge in [0, 0.05) is 37.0 Å². The number of nitrogens with one attached hydrogen (secondary N) is 2. The Morgan fingerprint density at radius 3 is 2.46 bits per heavy atom. The van der Waals surface area contributed by atoms with Crippen LogP contribution in [0.25, 0.3) is 22.8 Å². The number of benzene rings is 1. The first-order valence-corrected chi connectivity index (χ1v) is 12.0. The molecule has 4 aromatic rings. The molecular formula is C27H30N6O2. The van der Waals surface area contributed by atoms with Crippen molar-refractivity contribution in [3.63, 3.8) is 0 Å². The molecule has 0 spiro atoms. The highest BCUT2D eigenvalue weighted by atomic mass is 16.2. The number of rotatable bonds is 5. The Labute approximate surface area is 204 Å². The number of amides is 1. The molecule has 0 aliphatic carbocycles. The Morgan fingerprint density at radius 2 is 1.83 bits per heavy atom. The van der Waals surface area contributed by atoms with Gasteiger partial charge in [0.05, 0.1) is 29.2 Å². The van der Waals surface area contributed by atoms with Crippen LogP contribution >= 0.6 is 0 Å². The van der Waals surface area contributed by atoms with Crippen molar-refractivity contribution in [1.82, 2.24) is 29.6 Å². The van der Waals surface area contributed by atoms with E-state index in [0.717, 1.165) is 39.9 Å². The van der Waals surface area contributed by atoms with Crippen LogP contribution in [0.4, 0.5) is 0 Å². The molecule has 8 nitrogen and oxygen atoms in total. The number of Topliss-reactive ketones (excluding diaryl/α,β-unsaturated/α-hetero) is 1. The van der Waals surface area contributed by atoms with Gasteiger partial charge in [0.25, 0.3) is 5.91 Å².